The fraction of sp³-hybridized carbons (Fsp3) is 0.312. The van der Waals surface area contributed by atoms with Gasteiger partial charge in [0.2, 0.25) is 0 Å². The van der Waals surface area contributed by atoms with Gasteiger partial charge in [0.25, 0.3) is 0 Å². The second-order valence-corrected chi connectivity index (χ2v) is 5.85. The highest BCUT2D eigenvalue weighted by atomic mass is 32.1. The van der Waals surface area contributed by atoms with Gasteiger partial charge in [-0.3, -0.25) is 9.36 Å². The number of nitrogens with zero attached hydrogens (tertiary/aromatic N) is 1. The van der Waals surface area contributed by atoms with Gasteiger partial charge in [-0.25, -0.2) is 4.39 Å². The maximum atomic E-state index is 13.7. The molecule has 0 unspecified atom stereocenters. The fourth-order valence-electron chi connectivity index (χ4n) is 1.93. The Morgan fingerprint density at radius 1 is 1.38 bits per heavy atom. The van der Waals surface area contributed by atoms with E-state index in [2.05, 4.69) is 11.8 Å². The topological polar surface area (TPSA) is 42.2 Å². The summed E-state index contributed by atoms with van der Waals surface area (Å²) in [5.41, 5.74) is 2.05. The van der Waals surface area contributed by atoms with E-state index in [-0.39, 0.29) is 11.5 Å². The van der Waals surface area contributed by atoms with E-state index in [1.54, 1.807) is 16.7 Å². The van der Waals surface area contributed by atoms with Gasteiger partial charge in [0.15, 0.2) is 0 Å². The molecule has 21 heavy (non-hydrogen) atoms. The fourth-order valence-corrected chi connectivity index (χ4v) is 2.76. The molecule has 1 N–H and O–H groups in total. The van der Waals surface area contributed by atoms with Crippen LogP contribution in [0.3, 0.4) is 0 Å². The quantitative estimate of drug-likeness (QED) is 0.885. The Hall–Kier alpha value is -1.90. The normalized spacial score (nSPS) is 10.3. The first-order valence-corrected chi connectivity index (χ1v) is 7.39. The summed E-state index contributed by atoms with van der Waals surface area (Å²) in [6.45, 7) is 4.17. The molecule has 0 bridgehead atoms. The van der Waals surface area contributed by atoms with Gasteiger partial charge >= 0.3 is 4.87 Å². The van der Waals surface area contributed by atoms with Crippen molar-refractivity contribution >= 4 is 11.3 Å². The summed E-state index contributed by atoms with van der Waals surface area (Å²) in [5, 5.41) is 8.69. The van der Waals surface area contributed by atoms with E-state index in [0.29, 0.717) is 18.5 Å². The van der Waals surface area contributed by atoms with E-state index in [0.717, 1.165) is 16.1 Å². The van der Waals surface area contributed by atoms with Crippen molar-refractivity contribution in [2.75, 3.05) is 6.61 Å². The third-order valence-electron chi connectivity index (χ3n) is 3.21. The van der Waals surface area contributed by atoms with Gasteiger partial charge in [-0.2, -0.15) is 0 Å². The molecule has 2 rings (SSSR count). The molecule has 0 aliphatic carbocycles. The highest BCUT2D eigenvalue weighted by Crippen LogP contribution is 2.14. The standard InChI is InChI=1S/C16H16FNO2S/c1-11-12(2)21-16(20)18(11)10-13-6-7-15(17)14(9-13)5-3-4-8-19/h6-7,9,19H,4,8,10H2,1-2H3. The first kappa shape index (κ1) is 15.5. The van der Waals surface area contributed by atoms with E-state index in [9.17, 15) is 9.18 Å². The molecule has 0 saturated heterocycles. The van der Waals surface area contributed by atoms with Crippen molar-refractivity contribution in [2.45, 2.75) is 26.8 Å². The third kappa shape index (κ3) is 3.60. The average molecular weight is 305 g/mol. The maximum Gasteiger partial charge on any atom is 0.307 e. The Labute approximate surface area is 126 Å². The number of hydrogen-bond acceptors (Lipinski definition) is 3. The van der Waals surface area contributed by atoms with Gasteiger partial charge < -0.3 is 5.11 Å². The van der Waals surface area contributed by atoms with Crippen LogP contribution in [0.4, 0.5) is 4.39 Å². The van der Waals surface area contributed by atoms with Crippen LogP contribution in [0, 0.1) is 31.5 Å². The first-order valence-electron chi connectivity index (χ1n) is 6.58. The maximum absolute atomic E-state index is 13.7. The van der Waals surface area contributed by atoms with Gasteiger partial charge in [0, 0.05) is 17.0 Å². The molecule has 0 spiro atoms. The molecule has 0 amide bonds. The van der Waals surface area contributed by atoms with Crippen LogP contribution >= 0.6 is 11.3 Å². The smallest absolute Gasteiger partial charge is 0.307 e. The van der Waals surface area contributed by atoms with Crippen LogP contribution in [0.2, 0.25) is 0 Å². The lowest BCUT2D eigenvalue weighted by atomic mass is 10.1. The minimum Gasteiger partial charge on any atom is -0.395 e. The molecule has 3 nitrogen and oxygen atoms in total. The molecule has 1 aromatic heterocycles. The van der Waals surface area contributed by atoms with Gasteiger partial charge in [-0.15, -0.1) is 0 Å². The Kier molecular flexibility index (Phi) is 4.94. The van der Waals surface area contributed by atoms with Crippen LogP contribution < -0.4 is 4.87 Å². The zero-order valence-electron chi connectivity index (χ0n) is 11.9. The molecule has 1 heterocycles. The van der Waals surface area contributed by atoms with Crippen LogP contribution in [0.1, 0.15) is 28.1 Å². The molecular weight excluding hydrogens is 289 g/mol. The number of aliphatic hydroxyl groups is 1. The van der Waals surface area contributed by atoms with Crippen molar-refractivity contribution < 1.29 is 9.50 Å². The summed E-state index contributed by atoms with van der Waals surface area (Å²) in [4.78, 5) is 12.9. The van der Waals surface area contributed by atoms with E-state index in [4.69, 9.17) is 5.11 Å². The van der Waals surface area contributed by atoms with Crippen LogP contribution in [-0.4, -0.2) is 16.3 Å². The Balaban J connectivity index is 2.32. The van der Waals surface area contributed by atoms with E-state index >= 15 is 0 Å². The molecule has 0 atom stereocenters. The minimum absolute atomic E-state index is 0.0118. The lowest BCUT2D eigenvalue weighted by Gasteiger charge is -2.06. The van der Waals surface area contributed by atoms with Crippen molar-refractivity contribution in [1.82, 2.24) is 4.57 Å². The number of hydrogen-bond donors (Lipinski definition) is 1. The van der Waals surface area contributed by atoms with Crippen molar-refractivity contribution in [2.24, 2.45) is 0 Å². The van der Waals surface area contributed by atoms with Crippen molar-refractivity contribution in [3.63, 3.8) is 0 Å². The van der Waals surface area contributed by atoms with E-state index < -0.39 is 5.82 Å². The van der Waals surface area contributed by atoms with Crippen LogP contribution in [-0.2, 0) is 6.54 Å². The van der Waals surface area contributed by atoms with Crippen molar-refractivity contribution in [3.8, 4) is 11.8 Å². The van der Waals surface area contributed by atoms with Gasteiger partial charge in [-0.1, -0.05) is 29.2 Å². The number of halogens is 1. The monoisotopic (exact) mass is 305 g/mol. The molecule has 2 aromatic rings. The minimum atomic E-state index is -0.394. The number of thiazole rings is 1. The summed E-state index contributed by atoms with van der Waals surface area (Å²) in [6.07, 6.45) is 0.311. The summed E-state index contributed by atoms with van der Waals surface area (Å²) in [5.74, 6) is 5.01. The SMILES string of the molecule is Cc1sc(=O)n(Cc2ccc(F)c(C#CCCO)c2)c1C. The Morgan fingerprint density at radius 3 is 2.76 bits per heavy atom. The summed E-state index contributed by atoms with van der Waals surface area (Å²) < 4.78 is 15.3. The van der Waals surface area contributed by atoms with Crippen LogP contribution in [0.25, 0.3) is 0 Å². The molecule has 0 aliphatic rings. The first-order chi connectivity index (χ1) is 10.0. The molecular formula is C16H16FNO2S. The predicted molar refractivity (Wildman–Crippen MR) is 82.1 cm³/mol. The number of aryl methyl sites for hydroxylation is 1. The summed E-state index contributed by atoms with van der Waals surface area (Å²) >= 11 is 1.22. The van der Waals surface area contributed by atoms with Gasteiger partial charge in [0.05, 0.1) is 18.7 Å². The second kappa shape index (κ2) is 6.70. The lowest BCUT2D eigenvalue weighted by Crippen LogP contribution is -2.15. The number of benzene rings is 1. The van der Waals surface area contributed by atoms with Gasteiger partial charge in [0.1, 0.15) is 5.82 Å². The van der Waals surface area contributed by atoms with Crippen LogP contribution in [0.15, 0.2) is 23.0 Å². The Bertz CT molecular complexity index is 765. The molecule has 110 valence electrons. The summed E-state index contributed by atoms with van der Waals surface area (Å²) in [7, 11) is 0. The number of aliphatic hydroxyl groups excluding tert-OH is 1. The molecule has 0 aliphatic heterocycles. The molecule has 5 heteroatoms. The summed E-state index contributed by atoms with van der Waals surface area (Å²) in [6, 6.07) is 4.67. The van der Waals surface area contributed by atoms with Gasteiger partial charge in [-0.05, 0) is 31.5 Å². The predicted octanol–water partition coefficient (Wildman–Crippen LogP) is 2.45. The lowest BCUT2D eigenvalue weighted by molar-refractivity contribution is 0.305. The number of aromatic nitrogens is 1. The Morgan fingerprint density at radius 2 is 2.14 bits per heavy atom. The second-order valence-electron chi connectivity index (χ2n) is 4.69. The molecule has 0 saturated carbocycles. The average Bonchev–Trinajstić information content (AvgIpc) is 2.69. The molecule has 1 aromatic carbocycles. The molecule has 0 radical (unpaired) electrons. The number of rotatable bonds is 3. The zero-order chi connectivity index (χ0) is 15.4. The van der Waals surface area contributed by atoms with Crippen LogP contribution in [0.5, 0.6) is 0 Å². The highest BCUT2D eigenvalue weighted by molar-refractivity contribution is 7.09. The van der Waals surface area contributed by atoms with Crippen molar-refractivity contribution in [1.29, 1.82) is 0 Å². The van der Waals surface area contributed by atoms with E-state index in [1.165, 1.54) is 17.4 Å². The molecule has 0 fully saturated rings. The van der Waals surface area contributed by atoms with Crippen molar-refractivity contribution in [3.05, 3.63) is 55.4 Å². The van der Waals surface area contributed by atoms with E-state index in [1.807, 2.05) is 13.8 Å². The zero-order valence-corrected chi connectivity index (χ0v) is 12.8. The highest BCUT2D eigenvalue weighted by Gasteiger charge is 2.09. The third-order valence-corrected chi connectivity index (χ3v) is 4.20. The largest absolute Gasteiger partial charge is 0.395 e.